The van der Waals surface area contributed by atoms with Gasteiger partial charge in [0.1, 0.15) is 5.52 Å². The Morgan fingerprint density at radius 2 is 0.961 bits per heavy atom. The largest absolute Gasteiger partial charge is 0.436 e. The molecule has 0 atom stereocenters. The summed E-state index contributed by atoms with van der Waals surface area (Å²) in [5, 5.41) is 7.29. The minimum atomic E-state index is 0.620. The van der Waals surface area contributed by atoms with Crippen LogP contribution in [0.15, 0.2) is 180 Å². The SMILES string of the molecule is c1ccc(-n2c3ccccc3c3cc(-c4nc5ccc(-c6ccc7c(c6)c6ccccc6n7-c6cccc7ccccc67)cc5o4)ccc32)cc1. The summed E-state index contributed by atoms with van der Waals surface area (Å²) in [5.74, 6) is 0.620. The van der Waals surface area contributed by atoms with Gasteiger partial charge in [-0.15, -0.1) is 0 Å². The zero-order valence-electron chi connectivity index (χ0n) is 27.5. The van der Waals surface area contributed by atoms with E-state index in [0.29, 0.717) is 5.89 Å². The van der Waals surface area contributed by atoms with Crippen LogP contribution >= 0.6 is 0 Å². The number of oxazole rings is 1. The van der Waals surface area contributed by atoms with Crippen molar-refractivity contribution in [3.05, 3.63) is 176 Å². The zero-order chi connectivity index (χ0) is 33.5. The van der Waals surface area contributed by atoms with Crippen LogP contribution in [0.2, 0.25) is 0 Å². The lowest BCUT2D eigenvalue weighted by Crippen LogP contribution is -1.95. The van der Waals surface area contributed by atoms with E-state index in [1.165, 1.54) is 54.6 Å². The second kappa shape index (κ2) is 10.8. The van der Waals surface area contributed by atoms with Crippen molar-refractivity contribution < 1.29 is 4.42 Å². The van der Waals surface area contributed by atoms with Crippen LogP contribution in [0.4, 0.5) is 0 Å². The summed E-state index contributed by atoms with van der Waals surface area (Å²) in [6.45, 7) is 0. The summed E-state index contributed by atoms with van der Waals surface area (Å²) >= 11 is 0. The number of aromatic nitrogens is 3. The van der Waals surface area contributed by atoms with E-state index in [1.807, 2.05) is 0 Å². The van der Waals surface area contributed by atoms with E-state index in [-0.39, 0.29) is 0 Å². The third-order valence-electron chi connectivity index (χ3n) is 10.3. The standard InChI is InChI=1S/C47H29N3O/c1-2-13-34(14-3-1)49-42-18-8-6-16-36(42)39-28-33(23-26-44(39)49)47-48-40-24-21-32(29-46(40)51-47)31-22-25-45-38(27-31)37-17-7-9-19-43(37)50(45)41-20-10-12-30-11-4-5-15-35(30)41/h1-29H. The van der Waals surface area contributed by atoms with Crippen molar-refractivity contribution in [3.63, 3.8) is 0 Å². The fraction of sp³-hybridized carbons (Fsp3) is 0. The topological polar surface area (TPSA) is 35.9 Å². The van der Waals surface area contributed by atoms with Gasteiger partial charge in [0, 0.05) is 38.2 Å². The number of nitrogens with zero attached hydrogens (tertiary/aromatic N) is 3. The number of hydrogen-bond donors (Lipinski definition) is 0. The minimum absolute atomic E-state index is 0.620. The Morgan fingerprint density at radius 1 is 0.392 bits per heavy atom. The summed E-state index contributed by atoms with van der Waals surface area (Å²) in [6, 6.07) is 62.6. The van der Waals surface area contributed by atoms with E-state index in [9.17, 15) is 0 Å². The maximum absolute atomic E-state index is 6.51. The molecule has 11 rings (SSSR count). The first-order valence-electron chi connectivity index (χ1n) is 17.3. The molecule has 11 aromatic rings. The van der Waals surface area contributed by atoms with Crippen molar-refractivity contribution in [2.75, 3.05) is 0 Å². The Morgan fingerprint density at radius 3 is 1.76 bits per heavy atom. The van der Waals surface area contributed by atoms with Crippen molar-refractivity contribution in [2.24, 2.45) is 0 Å². The Labute approximate surface area is 293 Å². The van der Waals surface area contributed by atoms with Crippen LogP contribution in [0.5, 0.6) is 0 Å². The van der Waals surface area contributed by atoms with E-state index in [2.05, 4.69) is 185 Å². The lowest BCUT2D eigenvalue weighted by Gasteiger charge is -2.11. The predicted octanol–water partition coefficient (Wildman–Crippen LogP) is 12.5. The van der Waals surface area contributed by atoms with E-state index in [1.54, 1.807) is 0 Å². The number of para-hydroxylation sites is 3. The predicted molar refractivity (Wildman–Crippen MR) is 211 cm³/mol. The van der Waals surface area contributed by atoms with Gasteiger partial charge in [-0.25, -0.2) is 4.98 Å². The molecule has 8 aromatic carbocycles. The summed E-state index contributed by atoms with van der Waals surface area (Å²) in [5.41, 5.74) is 11.8. The van der Waals surface area contributed by atoms with Gasteiger partial charge in [-0.1, -0.05) is 103 Å². The third kappa shape index (κ3) is 4.23. The molecule has 0 saturated heterocycles. The van der Waals surface area contributed by atoms with Crippen LogP contribution in [-0.4, -0.2) is 14.1 Å². The van der Waals surface area contributed by atoms with Crippen molar-refractivity contribution in [1.82, 2.24) is 14.1 Å². The molecule has 238 valence electrons. The summed E-state index contributed by atoms with van der Waals surface area (Å²) in [7, 11) is 0. The van der Waals surface area contributed by atoms with Gasteiger partial charge in [-0.3, -0.25) is 0 Å². The maximum Gasteiger partial charge on any atom is 0.227 e. The monoisotopic (exact) mass is 651 g/mol. The number of hydrogen-bond acceptors (Lipinski definition) is 2. The first kappa shape index (κ1) is 28.0. The quantitative estimate of drug-likeness (QED) is 0.190. The Bertz CT molecular complexity index is 3140. The molecule has 0 aliphatic heterocycles. The first-order chi connectivity index (χ1) is 25.3. The number of benzene rings is 8. The molecular weight excluding hydrogens is 623 g/mol. The molecule has 0 aliphatic rings. The molecular formula is C47H29N3O. The smallest absolute Gasteiger partial charge is 0.227 e. The molecule has 0 N–H and O–H groups in total. The second-order valence-corrected chi connectivity index (χ2v) is 13.2. The summed E-state index contributed by atoms with van der Waals surface area (Å²) < 4.78 is 11.2. The molecule has 0 aliphatic carbocycles. The third-order valence-corrected chi connectivity index (χ3v) is 10.3. The van der Waals surface area contributed by atoms with Gasteiger partial charge in [0.05, 0.1) is 27.8 Å². The lowest BCUT2D eigenvalue weighted by atomic mass is 10.0. The van der Waals surface area contributed by atoms with Gasteiger partial charge < -0.3 is 13.6 Å². The zero-order valence-corrected chi connectivity index (χ0v) is 27.5. The molecule has 4 heteroatoms. The van der Waals surface area contributed by atoms with E-state index >= 15 is 0 Å². The maximum atomic E-state index is 6.51. The normalized spacial score (nSPS) is 11.9. The number of rotatable bonds is 4. The molecule has 0 radical (unpaired) electrons. The van der Waals surface area contributed by atoms with Crippen LogP contribution in [0.1, 0.15) is 0 Å². The van der Waals surface area contributed by atoms with Crippen LogP contribution in [0.3, 0.4) is 0 Å². The van der Waals surface area contributed by atoms with Crippen LogP contribution in [0.25, 0.3) is 99.4 Å². The van der Waals surface area contributed by atoms with Gasteiger partial charge in [0.15, 0.2) is 5.58 Å². The van der Waals surface area contributed by atoms with Crippen LogP contribution in [0, 0.1) is 0 Å². The molecule has 3 aromatic heterocycles. The lowest BCUT2D eigenvalue weighted by molar-refractivity contribution is 0.620. The highest BCUT2D eigenvalue weighted by Gasteiger charge is 2.17. The molecule has 0 bridgehead atoms. The van der Waals surface area contributed by atoms with Crippen LogP contribution < -0.4 is 0 Å². The van der Waals surface area contributed by atoms with Gasteiger partial charge in [-0.05, 0) is 89.3 Å². The van der Waals surface area contributed by atoms with Crippen molar-refractivity contribution >= 4 is 65.5 Å². The highest BCUT2D eigenvalue weighted by molar-refractivity contribution is 6.12. The average Bonchev–Trinajstić information content (AvgIpc) is 3.87. The molecule has 0 spiro atoms. The second-order valence-electron chi connectivity index (χ2n) is 13.2. The molecule has 0 saturated carbocycles. The van der Waals surface area contributed by atoms with E-state index in [0.717, 1.165) is 39.0 Å². The molecule has 3 heterocycles. The molecule has 0 amide bonds. The van der Waals surface area contributed by atoms with Gasteiger partial charge >= 0.3 is 0 Å². The Kier molecular flexibility index (Phi) is 5.92. The molecule has 0 unspecified atom stereocenters. The molecule has 4 nitrogen and oxygen atoms in total. The van der Waals surface area contributed by atoms with Gasteiger partial charge in [0.25, 0.3) is 0 Å². The Balaban J connectivity index is 1.02. The Hall–Kier alpha value is -6.91. The van der Waals surface area contributed by atoms with Crippen molar-refractivity contribution in [3.8, 4) is 34.0 Å². The average molecular weight is 652 g/mol. The fourth-order valence-electron chi connectivity index (χ4n) is 8.00. The van der Waals surface area contributed by atoms with Gasteiger partial charge in [0.2, 0.25) is 5.89 Å². The molecule has 51 heavy (non-hydrogen) atoms. The minimum Gasteiger partial charge on any atom is -0.436 e. The first-order valence-corrected chi connectivity index (χ1v) is 17.3. The summed E-state index contributed by atoms with van der Waals surface area (Å²) in [4.78, 5) is 4.95. The molecule has 0 fully saturated rings. The highest BCUT2D eigenvalue weighted by atomic mass is 16.3. The van der Waals surface area contributed by atoms with Crippen LogP contribution in [-0.2, 0) is 0 Å². The van der Waals surface area contributed by atoms with E-state index in [4.69, 9.17) is 9.40 Å². The van der Waals surface area contributed by atoms with Crippen molar-refractivity contribution in [2.45, 2.75) is 0 Å². The van der Waals surface area contributed by atoms with Crippen molar-refractivity contribution in [1.29, 1.82) is 0 Å². The fourth-order valence-corrected chi connectivity index (χ4v) is 8.00. The van der Waals surface area contributed by atoms with E-state index < -0.39 is 0 Å². The highest BCUT2D eigenvalue weighted by Crippen LogP contribution is 2.39. The van der Waals surface area contributed by atoms with Gasteiger partial charge in [-0.2, -0.15) is 0 Å². The number of fused-ring (bicyclic) bond motifs is 8. The summed E-state index contributed by atoms with van der Waals surface area (Å²) in [6.07, 6.45) is 0.